The highest BCUT2D eigenvalue weighted by Gasteiger charge is 2.33. The molecule has 12 heteroatoms. The third-order valence-corrected chi connectivity index (χ3v) is 5.68. The second-order valence-corrected chi connectivity index (χ2v) is 9.43. The van der Waals surface area contributed by atoms with Crippen LogP contribution in [0.4, 0.5) is 17.6 Å². The number of sulfonamides is 1. The molecule has 0 bridgehead atoms. The summed E-state index contributed by atoms with van der Waals surface area (Å²) in [6.07, 6.45) is -1.14. The average molecular weight is 499 g/mol. The first-order chi connectivity index (χ1) is 15.8. The minimum atomic E-state index is -4.64. The Kier molecular flexibility index (Phi) is 7.41. The van der Waals surface area contributed by atoms with Gasteiger partial charge < -0.3 is 9.73 Å². The summed E-state index contributed by atoms with van der Waals surface area (Å²) in [5.74, 6) is -1.95. The fourth-order valence-electron chi connectivity index (χ4n) is 3.11. The van der Waals surface area contributed by atoms with Crippen molar-refractivity contribution in [3.8, 4) is 11.3 Å². The van der Waals surface area contributed by atoms with Gasteiger partial charge in [-0.2, -0.15) is 13.2 Å². The molecule has 0 saturated carbocycles. The van der Waals surface area contributed by atoms with E-state index in [0.717, 1.165) is 18.4 Å². The van der Waals surface area contributed by atoms with Crippen molar-refractivity contribution in [3.63, 3.8) is 0 Å². The number of pyridine rings is 1. The molecule has 1 atom stereocenters. The zero-order valence-corrected chi connectivity index (χ0v) is 18.9. The smallest absolute Gasteiger partial charge is 0.433 e. The normalized spacial score (nSPS) is 13.0. The zero-order chi connectivity index (χ0) is 25.1. The van der Waals surface area contributed by atoms with Gasteiger partial charge in [-0.3, -0.25) is 4.79 Å². The van der Waals surface area contributed by atoms with E-state index in [-0.39, 0.29) is 24.3 Å². The second kappa shape index (κ2) is 9.94. The predicted octanol–water partition coefficient (Wildman–Crippen LogP) is 3.97. The summed E-state index contributed by atoms with van der Waals surface area (Å²) >= 11 is 0. The summed E-state index contributed by atoms with van der Waals surface area (Å²) in [6.45, 7) is 1.19. The summed E-state index contributed by atoms with van der Waals surface area (Å²) in [7, 11) is -3.50. The number of halogens is 4. The predicted molar refractivity (Wildman–Crippen MR) is 115 cm³/mol. The summed E-state index contributed by atoms with van der Waals surface area (Å²) < 4.78 is 83.2. The Labute approximate surface area is 193 Å². The molecule has 7 nitrogen and oxygen atoms in total. The molecule has 0 fully saturated rings. The van der Waals surface area contributed by atoms with E-state index < -0.39 is 39.5 Å². The van der Waals surface area contributed by atoms with Gasteiger partial charge >= 0.3 is 6.18 Å². The maximum atomic E-state index is 14.4. The Hall–Kier alpha value is -3.25. The number of nitrogens with zero attached hydrogens (tertiary/aromatic N) is 1. The number of amides is 1. The third-order valence-electron chi connectivity index (χ3n) is 5.01. The average Bonchev–Trinajstić information content (AvgIpc) is 3.29. The van der Waals surface area contributed by atoms with E-state index >= 15 is 0 Å². The number of furan rings is 1. The molecule has 3 aromatic rings. The van der Waals surface area contributed by atoms with Crippen LogP contribution in [-0.2, 0) is 34.1 Å². The molecule has 1 amide bonds. The van der Waals surface area contributed by atoms with E-state index in [4.69, 9.17) is 4.42 Å². The van der Waals surface area contributed by atoms with Crippen LogP contribution in [0.2, 0.25) is 0 Å². The van der Waals surface area contributed by atoms with Crippen LogP contribution in [0.3, 0.4) is 0 Å². The van der Waals surface area contributed by atoms with Crippen LogP contribution < -0.4 is 10.0 Å². The molecule has 0 saturated heterocycles. The van der Waals surface area contributed by atoms with Crippen molar-refractivity contribution in [3.05, 3.63) is 77.1 Å². The van der Waals surface area contributed by atoms with Crippen LogP contribution in [0.25, 0.3) is 11.3 Å². The van der Waals surface area contributed by atoms with E-state index in [1.54, 1.807) is 6.92 Å². The minimum absolute atomic E-state index is 0.0188. The maximum absolute atomic E-state index is 14.4. The Balaban J connectivity index is 1.74. The first kappa shape index (κ1) is 25.4. The van der Waals surface area contributed by atoms with Crippen molar-refractivity contribution < 1.29 is 35.2 Å². The van der Waals surface area contributed by atoms with Crippen molar-refractivity contribution >= 4 is 15.9 Å². The molecule has 0 spiro atoms. The Morgan fingerprint density at radius 3 is 2.41 bits per heavy atom. The fraction of sp³-hybridized carbons (Fsp3) is 0.273. The number of rotatable bonds is 8. The minimum Gasteiger partial charge on any atom is -0.472 e. The SMILES string of the molecule is CC(C(=O)NCc1ccc(C(F)(F)F)nc1-c1ccoc1)c1ccc(CNS(C)(=O)=O)c(F)c1. The number of aromatic nitrogens is 1. The number of benzene rings is 1. The van der Waals surface area contributed by atoms with Crippen LogP contribution in [0.5, 0.6) is 0 Å². The second-order valence-electron chi connectivity index (χ2n) is 7.60. The molecular formula is C22H21F4N3O4S. The highest BCUT2D eigenvalue weighted by atomic mass is 32.2. The number of hydrogen-bond acceptors (Lipinski definition) is 5. The molecule has 182 valence electrons. The van der Waals surface area contributed by atoms with Crippen molar-refractivity contribution in [2.24, 2.45) is 0 Å². The van der Waals surface area contributed by atoms with Crippen molar-refractivity contribution in [1.29, 1.82) is 0 Å². The molecule has 3 rings (SSSR count). The van der Waals surface area contributed by atoms with Crippen LogP contribution in [0.1, 0.15) is 35.2 Å². The van der Waals surface area contributed by atoms with E-state index in [1.165, 1.54) is 36.8 Å². The van der Waals surface area contributed by atoms with Gasteiger partial charge in [0.05, 0.1) is 30.4 Å². The zero-order valence-electron chi connectivity index (χ0n) is 18.1. The molecule has 0 radical (unpaired) electrons. The number of alkyl halides is 3. The molecule has 0 aliphatic rings. The van der Waals surface area contributed by atoms with Crippen molar-refractivity contribution in [1.82, 2.24) is 15.0 Å². The summed E-state index contributed by atoms with van der Waals surface area (Å²) in [5, 5.41) is 2.63. The van der Waals surface area contributed by atoms with Crippen molar-refractivity contribution in [2.75, 3.05) is 6.26 Å². The molecule has 0 aliphatic heterocycles. The van der Waals surface area contributed by atoms with Gasteiger partial charge in [-0.05, 0) is 36.2 Å². The topological polar surface area (TPSA) is 101 Å². The number of carbonyl (C=O) groups is 1. The Morgan fingerprint density at radius 2 is 1.82 bits per heavy atom. The van der Waals surface area contributed by atoms with E-state index in [2.05, 4.69) is 15.0 Å². The fourth-order valence-corrected chi connectivity index (χ4v) is 3.53. The maximum Gasteiger partial charge on any atom is 0.433 e. The van der Waals surface area contributed by atoms with Gasteiger partial charge in [-0.25, -0.2) is 22.5 Å². The lowest BCUT2D eigenvalue weighted by atomic mass is 9.98. The van der Waals surface area contributed by atoms with Gasteiger partial charge in [0.25, 0.3) is 0 Å². The largest absolute Gasteiger partial charge is 0.472 e. The van der Waals surface area contributed by atoms with E-state index in [0.29, 0.717) is 16.7 Å². The molecular weight excluding hydrogens is 478 g/mol. The molecule has 2 N–H and O–H groups in total. The Bertz CT molecular complexity index is 1280. The molecule has 2 heterocycles. The summed E-state index contributed by atoms with van der Waals surface area (Å²) in [4.78, 5) is 16.3. The highest BCUT2D eigenvalue weighted by molar-refractivity contribution is 7.88. The Morgan fingerprint density at radius 1 is 1.12 bits per heavy atom. The van der Waals surface area contributed by atoms with Gasteiger partial charge in [0.2, 0.25) is 15.9 Å². The number of nitrogens with one attached hydrogen (secondary N) is 2. The van der Waals surface area contributed by atoms with Gasteiger partial charge in [0, 0.05) is 24.2 Å². The van der Waals surface area contributed by atoms with Gasteiger partial charge in [-0.15, -0.1) is 0 Å². The monoisotopic (exact) mass is 499 g/mol. The quantitative estimate of drug-likeness (QED) is 0.457. The van der Waals surface area contributed by atoms with Crippen LogP contribution in [0, 0.1) is 5.82 Å². The molecule has 34 heavy (non-hydrogen) atoms. The molecule has 0 aliphatic carbocycles. The lowest BCUT2D eigenvalue weighted by Crippen LogP contribution is -2.28. The van der Waals surface area contributed by atoms with Gasteiger partial charge in [0.1, 0.15) is 11.5 Å². The number of carbonyl (C=O) groups excluding carboxylic acids is 1. The molecule has 1 aromatic carbocycles. The highest BCUT2D eigenvalue weighted by Crippen LogP contribution is 2.31. The summed E-state index contributed by atoms with van der Waals surface area (Å²) in [5.41, 5.74) is 0.0616. The summed E-state index contributed by atoms with van der Waals surface area (Å²) in [6, 6.07) is 7.53. The van der Waals surface area contributed by atoms with Gasteiger partial charge in [0.15, 0.2) is 0 Å². The van der Waals surface area contributed by atoms with E-state index in [1.807, 2.05) is 0 Å². The first-order valence-corrected chi connectivity index (χ1v) is 11.8. The number of hydrogen-bond donors (Lipinski definition) is 2. The van der Waals surface area contributed by atoms with Gasteiger partial charge in [-0.1, -0.05) is 18.2 Å². The van der Waals surface area contributed by atoms with Crippen LogP contribution in [0.15, 0.2) is 53.3 Å². The van der Waals surface area contributed by atoms with E-state index in [9.17, 15) is 30.8 Å². The van der Waals surface area contributed by atoms with Crippen LogP contribution in [-0.4, -0.2) is 25.6 Å². The lowest BCUT2D eigenvalue weighted by Gasteiger charge is -2.16. The standard InChI is InChI=1S/C22H21F4N3O4S/c1-13(14-3-4-15(18(23)9-14)11-28-34(2,31)32)21(30)27-10-16-5-6-19(22(24,25)26)29-20(16)17-7-8-33-12-17/h3-9,12-13,28H,10-11H2,1-2H3,(H,27,30). The molecule has 1 unspecified atom stereocenters. The van der Waals surface area contributed by atoms with Crippen molar-refractivity contribution in [2.45, 2.75) is 32.1 Å². The lowest BCUT2D eigenvalue weighted by molar-refractivity contribution is -0.141. The third kappa shape index (κ3) is 6.41. The molecule has 2 aromatic heterocycles. The van der Waals surface area contributed by atoms with Crippen LogP contribution >= 0.6 is 0 Å². The first-order valence-electron chi connectivity index (χ1n) is 9.95.